The van der Waals surface area contributed by atoms with Crippen molar-refractivity contribution in [1.82, 2.24) is 4.31 Å². The largest absolute Gasteiger partial charge is 0.385 e. The second-order valence-corrected chi connectivity index (χ2v) is 7.83. The summed E-state index contributed by atoms with van der Waals surface area (Å²) in [5.41, 5.74) is -0.233. The topological polar surface area (TPSA) is 149 Å². The van der Waals surface area contributed by atoms with E-state index in [0.29, 0.717) is 0 Å². The first kappa shape index (κ1) is 19.1. The minimum absolute atomic E-state index is 0.143. The van der Waals surface area contributed by atoms with Gasteiger partial charge in [-0.3, -0.25) is 10.1 Å². The summed E-state index contributed by atoms with van der Waals surface area (Å²) in [6.45, 7) is -0.354. The first-order valence-corrected chi connectivity index (χ1v) is 9.12. The van der Waals surface area contributed by atoms with Gasteiger partial charge < -0.3 is 24.4 Å². The van der Waals surface area contributed by atoms with Crippen molar-refractivity contribution < 1.29 is 37.8 Å². The van der Waals surface area contributed by atoms with E-state index in [2.05, 4.69) is 0 Å². The number of hydrogen-bond acceptors (Lipinski definition) is 9. The van der Waals surface area contributed by atoms with Gasteiger partial charge in [-0.15, -0.1) is 0 Å². The highest BCUT2D eigenvalue weighted by molar-refractivity contribution is 7.89. The third-order valence-electron chi connectivity index (χ3n) is 4.30. The molecule has 3 rings (SSSR count). The molecule has 2 fully saturated rings. The molecule has 11 nitrogen and oxygen atoms in total. The molecule has 0 spiro atoms. The van der Waals surface area contributed by atoms with Crippen LogP contribution in [0.3, 0.4) is 0 Å². The second-order valence-electron chi connectivity index (χ2n) is 5.89. The van der Waals surface area contributed by atoms with Gasteiger partial charge in [-0.25, -0.2) is 8.42 Å². The summed E-state index contributed by atoms with van der Waals surface area (Å²) in [6, 6.07) is 4.46. The lowest BCUT2D eigenvalue weighted by Gasteiger charge is -2.24. The van der Waals surface area contributed by atoms with Crippen LogP contribution in [0.1, 0.15) is 0 Å². The van der Waals surface area contributed by atoms with E-state index in [1.165, 1.54) is 7.11 Å². The van der Waals surface area contributed by atoms with Crippen LogP contribution in [0.4, 0.5) is 5.69 Å². The van der Waals surface area contributed by atoms with Crippen LogP contribution in [0.15, 0.2) is 29.2 Å². The number of benzene rings is 1. The van der Waals surface area contributed by atoms with Crippen molar-refractivity contribution in [3.63, 3.8) is 0 Å². The lowest BCUT2D eigenvalue weighted by molar-refractivity contribution is -0.384. The van der Waals surface area contributed by atoms with Gasteiger partial charge in [0.05, 0.1) is 16.4 Å². The molecule has 2 saturated heterocycles. The highest BCUT2D eigenvalue weighted by Crippen LogP contribution is 2.30. The molecule has 2 aliphatic heterocycles. The number of hydrogen-bond donors (Lipinski definition) is 2. The number of nitrogens with zero attached hydrogens (tertiary/aromatic N) is 2. The number of aliphatic hydroxyl groups is 2. The van der Waals surface area contributed by atoms with Crippen molar-refractivity contribution in [1.29, 1.82) is 0 Å². The van der Waals surface area contributed by atoms with Crippen LogP contribution in [-0.4, -0.2) is 79.0 Å². The zero-order chi connectivity index (χ0) is 19.1. The van der Waals surface area contributed by atoms with E-state index >= 15 is 0 Å². The summed E-state index contributed by atoms with van der Waals surface area (Å²) < 4.78 is 42.7. The van der Waals surface area contributed by atoms with E-state index in [1.54, 1.807) is 0 Å². The Kier molecular flexibility index (Phi) is 5.25. The predicted octanol–water partition coefficient (Wildman–Crippen LogP) is -0.965. The first-order valence-electron chi connectivity index (χ1n) is 7.68. The van der Waals surface area contributed by atoms with E-state index in [-0.39, 0.29) is 23.7 Å². The normalized spacial score (nSPS) is 32.8. The Morgan fingerprint density at radius 2 is 1.88 bits per heavy atom. The molecule has 144 valence electrons. The number of nitro benzene ring substituents is 1. The van der Waals surface area contributed by atoms with Gasteiger partial charge in [0.2, 0.25) is 10.0 Å². The van der Waals surface area contributed by atoms with Gasteiger partial charge in [0.15, 0.2) is 12.6 Å². The summed E-state index contributed by atoms with van der Waals surface area (Å²) >= 11 is 0. The Morgan fingerprint density at radius 3 is 2.46 bits per heavy atom. The lowest BCUT2D eigenvalue weighted by atomic mass is 10.1. The number of non-ortho nitro benzene ring substituents is 1. The Balaban J connectivity index is 1.89. The van der Waals surface area contributed by atoms with Gasteiger partial charge in [-0.05, 0) is 12.1 Å². The number of rotatable bonds is 4. The summed E-state index contributed by atoms with van der Waals surface area (Å²) in [5, 5.41) is 30.3. The monoisotopic (exact) mass is 390 g/mol. The van der Waals surface area contributed by atoms with E-state index < -0.39 is 45.8 Å². The highest BCUT2D eigenvalue weighted by atomic mass is 32.2. The zero-order valence-corrected chi connectivity index (χ0v) is 14.5. The summed E-state index contributed by atoms with van der Waals surface area (Å²) in [4.78, 5) is 9.95. The molecule has 2 N–H and O–H groups in total. The van der Waals surface area contributed by atoms with Crippen LogP contribution >= 0.6 is 0 Å². The SMILES string of the molecule is COC1CN(S(=O)(=O)c2ccc([N+](=O)[O-])cc2)C[C@H]2O[C@H](O)[C@@H](O)[C@H]2O1. The third kappa shape index (κ3) is 3.44. The van der Waals surface area contributed by atoms with E-state index in [9.17, 15) is 28.7 Å². The van der Waals surface area contributed by atoms with Gasteiger partial charge in [-0.2, -0.15) is 4.31 Å². The molecule has 0 bridgehead atoms. The predicted molar refractivity (Wildman–Crippen MR) is 84.4 cm³/mol. The van der Waals surface area contributed by atoms with Crippen molar-refractivity contribution in [2.45, 2.75) is 35.8 Å². The summed E-state index contributed by atoms with van der Waals surface area (Å²) in [5.74, 6) is 0. The number of aliphatic hydroxyl groups excluding tert-OH is 2. The molecule has 0 aromatic heterocycles. The number of methoxy groups -OCH3 is 1. The van der Waals surface area contributed by atoms with Crippen molar-refractivity contribution >= 4 is 15.7 Å². The molecular formula is C14H18N2O9S. The molecule has 5 atom stereocenters. The number of nitro groups is 1. The molecule has 26 heavy (non-hydrogen) atoms. The summed E-state index contributed by atoms with van der Waals surface area (Å²) in [7, 11) is -2.72. The minimum Gasteiger partial charge on any atom is -0.385 e. The molecule has 0 aliphatic carbocycles. The molecule has 1 unspecified atom stereocenters. The van der Waals surface area contributed by atoms with Crippen molar-refractivity contribution in [2.75, 3.05) is 20.2 Å². The average molecular weight is 390 g/mol. The molecule has 1 aromatic carbocycles. The lowest BCUT2D eigenvalue weighted by Crippen LogP contribution is -2.40. The van der Waals surface area contributed by atoms with Crippen LogP contribution < -0.4 is 0 Å². The fourth-order valence-corrected chi connectivity index (χ4v) is 4.35. The van der Waals surface area contributed by atoms with E-state index in [0.717, 1.165) is 28.6 Å². The van der Waals surface area contributed by atoms with Gasteiger partial charge >= 0.3 is 0 Å². The van der Waals surface area contributed by atoms with Crippen LogP contribution in [0.25, 0.3) is 0 Å². The Bertz CT molecular complexity index is 769. The average Bonchev–Trinajstić information content (AvgIpc) is 2.78. The Labute approximate surface area is 148 Å². The third-order valence-corrected chi connectivity index (χ3v) is 6.15. The zero-order valence-electron chi connectivity index (χ0n) is 13.7. The smallest absolute Gasteiger partial charge is 0.269 e. The fourth-order valence-electron chi connectivity index (χ4n) is 2.91. The van der Waals surface area contributed by atoms with Gasteiger partial charge in [-0.1, -0.05) is 0 Å². The van der Waals surface area contributed by atoms with Crippen LogP contribution in [0.5, 0.6) is 0 Å². The van der Waals surface area contributed by atoms with Gasteiger partial charge in [0.25, 0.3) is 5.69 Å². The van der Waals surface area contributed by atoms with E-state index in [4.69, 9.17) is 14.2 Å². The van der Waals surface area contributed by atoms with Gasteiger partial charge in [0.1, 0.15) is 18.3 Å². The van der Waals surface area contributed by atoms with Crippen molar-refractivity contribution in [3.05, 3.63) is 34.4 Å². The molecular weight excluding hydrogens is 372 g/mol. The van der Waals surface area contributed by atoms with Crippen LogP contribution in [0.2, 0.25) is 0 Å². The summed E-state index contributed by atoms with van der Waals surface area (Å²) in [6.07, 6.45) is -5.66. The fraction of sp³-hybridized carbons (Fsp3) is 0.571. The van der Waals surface area contributed by atoms with E-state index in [1.807, 2.05) is 0 Å². The molecule has 0 radical (unpaired) electrons. The van der Waals surface area contributed by atoms with Crippen molar-refractivity contribution in [3.8, 4) is 0 Å². The van der Waals surface area contributed by atoms with Crippen molar-refractivity contribution in [2.24, 2.45) is 0 Å². The highest BCUT2D eigenvalue weighted by Gasteiger charge is 2.49. The number of sulfonamides is 1. The first-order chi connectivity index (χ1) is 12.2. The maximum absolute atomic E-state index is 12.9. The molecule has 1 aromatic rings. The number of fused-ring (bicyclic) bond motifs is 1. The molecule has 0 saturated carbocycles. The van der Waals surface area contributed by atoms with Crippen LogP contribution in [0, 0.1) is 10.1 Å². The standard InChI is InChI=1S/C14H18N2O9S/c1-23-11-7-15(6-10-13(25-11)12(17)14(18)24-10)26(21,22)9-4-2-8(3-5-9)16(19)20/h2-5,10-14,17-18H,6-7H2,1H3/t10-,11?,12+,13+,14+/m1/s1. The molecule has 2 aliphatic rings. The quantitative estimate of drug-likeness (QED) is 0.489. The van der Waals surface area contributed by atoms with Crippen LogP contribution in [-0.2, 0) is 24.2 Å². The second kappa shape index (κ2) is 7.15. The molecule has 0 amide bonds. The minimum atomic E-state index is -4.04. The van der Waals surface area contributed by atoms with Gasteiger partial charge in [0, 0.05) is 25.8 Å². The Hall–Kier alpha value is -1.67. The molecule has 12 heteroatoms. The number of ether oxygens (including phenoxy) is 3. The maximum atomic E-state index is 12.9. The molecule has 2 heterocycles. The Morgan fingerprint density at radius 1 is 1.23 bits per heavy atom. The maximum Gasteiger partial charge on any atom is 0.269 e.